The number of amides is 1. The van der Waals surface area contributed by atoms with Crippen molar-refractivity contribution in [2.24, 2.45) is 0 Å². The Labute approximate surface area is 138 Å². The summed E-state index contributed by atoms with van der Waals surface area (Å²) >= 11 is 8.02. The predicted molar refractivity (Wildman–Crippen MR) is 89.0 cm³/mol. The molecule has 1 N–H and O–H groups in total. The summed E-state index contributed by atoms with van der Waals surface area (Å²) in [5.41, 5.74) is 4.24. The first-order valence-corrected chi connectivity index (χ1v) is 8.38. The third kappa shape index (κ3) is 2.83. The van der Waals surface area contributed by atoms with Gasteiger partial charge in [-0.25, -0.2) is 4.98 Å². The van der Waals surface area contributed by atoms with Crippen LogP contribution in [0, 0.1) is 0 Å². The molecule has 1 amide bonds. The van der Waals surface area contributed by atoms with Gasteiger partial charge < -0.3 is 10.1 Å². The molecule has 1 aliphatic rings. The Morgan fingerprint density at radius 2 is 2.23 bits per heavy atom. The van der Waals surface area contributed by atoms with E-state index in [1.54, 1.807) is 5.51 Å². The summed E-state index contributed by atoms with van der Waals surface area (Å²) in [6, 6.07) is 1.88. The van der Waals surface area contributed by atoms with Crippen molar-refractivity contribution in [3.8, 4) is 17.0 Å². The Hall–Kier alpha value is -1.59. The smallest absolute Gasteiger partial charge is 0.253 e. The molecule has 0 atom stereocenters. The van der Waals surface area contributed by atoms with Crippen molar-refractivity contribution in [1.29, 1.82) is 0 Å². The van der Waals surface area contributed by atoms with E-state index in [-0.39, 0.29) is 11.4 Å². The molecule has 0 bridgehead atoms. The molecule has 0 saturated heterocycles. The zero-order chi connectivity index (χ0) is 15.9. The van der Waals surface area contributed by atoms with Gasteiger partial charge in [-0.15, -0.1) is 11.3 Å². The minimum atomic E-state index is -0.338. The quantitative estimate of drug-likeness (QED) is 0.904. The van der Waals surface area contributed by atoms with Crippen molar-refractivity contribution >= 4 is 28.8 Å². The molecule has 116 valence electrons. The first kappa shape index (κ1) is 15.3. The number of nitrogens with one attached hydrogen (secondary N) is 1. The largest absolute Gasteiger partial charge is 0.493 e. The molecule has 0 radical (unpaired) electrons. The van der Waals surface area contributed by atoms with Gasteiger partial charge in [0, 0.05) is 28.5 Å². The highest BCUT2D eigenvalue weighted by Gasteiger charge is 2.28. The van der Waals surface area contributed by atoms with E-state index in [4.69, 9.17) is 16.3 Å². The van der Waals surface area contributed by atoms with Gasteiger partial charge in [0.05, 0.1) is 28.4 Å². The lowest BCUT2D eigenvalue weighted by atomic mass is 9.98. The number of thiazole rings is 1. The van der Waals surface area contributed by atoms with Gasteiger partial charge in [-0.05, 0) is 26.8 Å². The number of hydrogen-bond donors (Lipinski definition) is 1. The average Bonchev–Trinajstić information content (AvgIpc) is 3.07. The van der Waals surface area contributed by atoms with Crippen LogP contribution in [-0.2, 0) is 6.42 Å². The molecule has 1 aromatic carbocycles. The van der Waals surface area contributed by atoms with Crippen LogP contribution >= 0.6 is 22.9 Å². The summed E-state index contributed by atoms with van der Waals surface area (Å²) in [5, 5.41) is 5.36. The Morgan fingerprint density at radius 1 is 1.45 bits per heavy atom. The van der Waals surface area contributed by atoms with Crippen molar-refractivity contribution in [2.75, 3.05) is 6.61 Å². The van der Waals surface area contributed by atoms with Crippen molar-refractivity contribution in [2.45, 2.75) is 32.7 Å². The Kier molecular flexibility index (Phi) is 3.87. The van der Waals surface area contributed by atoms with Crippen molar-refractivity contribution < 1.29 is 9.53 Å². The minimum Gasteiger partial charge on any atom is -0.493 e. The number of halogens is 1. The summed E-state index contributed by atoms with van der Waals surface area (Å²) in [6.07, 6.45) is 0.724. The van der Waals surface area contributed by atoms with Crippen LogP contribution in [0.15, 0.2) is 17.0 Å². The molecule has 0 unspecified atom stereocenters. The van der Waals surface area contributed by atoms with Gasteiger partial charge in [-0.2, -0.15) is 0 Å². The maximum absolute atomic E-state index is 12.7. The average molecular weight is 337 g/mol. The van der Waals surface area contributed by atoms with Crippen molar-refractivity contribution in [1.82, 2.24) is 10.3 Å². The standard InChI is InChI=1S/C16H17ClN2O2S/c1-16(2,3)19-15(20)13-10(11-7-22-8-18-11)6-12-9(14(13)17)4-5-21-12/h6-8H,4-5H2,1-3H3,(H,19,20). The summed E-state index contributed by atoms with van der Waals surface area (Å²) in [4.78, 5) is 17.1. The number of carbonyl (C=O) groups excluding carboxylic acids is 1. The zero-order valence-corrected chi connectivity index (χ0v) is 14.3. The van der Waals surface area contributed by atoms with Gasteiger partial charge >= 0.3 is 0 Å². The summed E-state index contributed by atoms with van der Waals surface area (Å²) in [7, 11) is 0. The fourth-order valence-corrected chi connectivity index (χ4v) is 3.39. The molecule has 0 spiro atoms. The molecule has 4 nitrogen and oxygen atoms in total. The number of ether oxygens (including phenoxy) is 1. The van der Waals surface area contributed by atoms with Crippen molar-refractivity contribution in [3.05, 3.63) is 33.1 Å². The van der Waals surface area contributed by atoms with E-state index >= 15 is 0 Å². The highest BCUT2D eigenvalue weighted by Crippen LogP contribution is 2.40. The molecule has 1 aliphatic heterocycles. The molecular weight excluding hydrogens is 320 g/mol. The molecule has 0 aliphatic carbocycles. The maximum Gasteiger partial charge on any atom is 0.253 e. The van der Waals surface area contributed by atoms with Gasteiger partial charge in [-0.3, -0.25) is 4.79 Å². The van der Waals surface area contributed by atoms with E-state index in [2.05, 4.69) is 10.3 Å². The lowest BCUT2D eigenvalue weighted by Crippen LogP contribution is -2.41. The second kappa shape index (κ2) is 5.56. The summed E-state index contributed by atoms with van der Waals surface area (Å²) in [5.74, 6) is 0.565. The van der Waals surface area contributed by atoms with Crippen LogP contribution in [0.5, 0.6) is 5.75 Å². The second-order valence-electron chi connectivity index (χ2n) is 6.27. The van der Waals surface area contributed by atoms with E-state index < -0.39 is 0 Å². The predicted octanol–water partition coefficient (Wildman–Crippen LogP) is 3.93. The topological polar surface area (TPSA) is 51.2 Å². The number of hydrogen-bond acceptors (Lipinski definition) is 4. The molecule has 2 aromatic rings. The van der Waals surface area contributed by atoms with Gasteiger partial charge in [0.25, 0.3) is 5.91 Å². The van der Waals surface area contributed by atoms with Crippen LogP contribution in [0.2, 0.25) is 5.02 Å². The lowest BCUT2D eigenvalue weighted by molar-refractivity contribution is 0.0920. The monoisotopic (exact) mass is 336 g/mol. The van der Waals surface area contributed by atoms with Crippen LogP contribution in [-0.4, -0.2) is 23.0 Å². The number of fused-ring (bicyclic) bond motifs is 1. The summed E-state index contributed by atoms with van der Waals surface area (Å²) in [6.45, 7) is 6.42. The van der Waals surface area contributed by atoms with E-state index in [1.807, 2.05) is 32.2 Å². The summed E-state index contributed by atoms with van der Waals surface area (Å²) < 4.78 is 5.61. The lowest BCUT2D eigenvalue weighted by Gasteiger charge is -2.22. The second-order valence-corrected chi connectivity index (χ2v) is 7.36. The molecular formula is C16H17ClN2O2S. The molecule has 3 rings (SSSR count). The first-order chi connectivity index (χ1) is 10.4. The minimum absolute atomic E-state index is 0.185. The number of aromatic nitrogens is 1. The number of carbonyl (C=O) groups is 1. The molecule has 0 fully saturated rings. The van der Waals surface area contributed by atoms with Gasteiger partial charge in [0.15, 0.2) is 0 Å². The third-order valence-electron chi connectivity index (χ3n) is 3.36. The van der Waals surface area contributed by atoms with E-state index in [1.165, 1.54) is 11.3 Å². The first-order valence-electron chi connectivity index (χ1n) is 7.06. The third-order valence-corrected chi connectivity index (χ3v) is 4.36. The molecule has 2 heterocycles. The van der Waals surface area contributed by atoms with Crippen LogP contribution in [0.3, 0.4) is 0 Å². The van der Waals surface area contributed by atoms with Gasteiger partial charge in [-0.1, -0.05) is 11.6 Å². The molecule has 22 heavy (non-hydrogen) atoms. The highest BCUT2D eigenvalue weighted by molar-refractivity contribution is 7.07. The molecule has 0 saturated carbocycles. The van der Waals surface area contributed by atoms with Crippen LogP contribution in [0.25, 0.3) is 11.3 Å². The number of benzene rings is 1. The number of rotatable bonds is 2. The SMILES string of the molecule is CC(C)(C)NC(=O)c1c(-c2cscn2)cc2c(c1Cl)CCO2. The molecule has 1 aromatic heterocycles. The van der Waals surface area contributed by atoms with Crippen LogP contribution < -0.4 is 10.1 Å². The van der Waals surface area contributed by atoms with E-state index in [0.717, 1.165) is 23.4 Å². The van der Waals surface area contributed by atoms with Crippen LogP contribution in [0.1, 0.15) is 36.7 Å². The fourth-order valence-electron chi connectivity index (χ4n) is 2.47. The highest BCUT2D eigenvalue weighted by atomic mass is 35.5. The maximum atomic E-state index is 12.7. The number of nitrogens with zero attached hydrogens (tertiary/aromatic N) is 1. The van der Waals surface area contributed by atoms with E-state index in [9.17, 15) is 4.79 Å². The van der Waals surface area contributed by atoms with Gasteiger partial charge in [0.2, 0.25) is 0 Å². The zero-order valence-electron chi connectivity index (χ0n) is 12.7. The fraction of sp³-hybridized carbons (Fsp3) is 0.375. The normalized spacial score (nSPS) is 13.6. The van der Waals surface area contributed by atoms with Crippen molar-refractivity contribution in [3.63, 3.8) is 0 Å². The Balaban J connectivity index is 2.16. The van der Waals surface area contributed by atoms with Gasteiger partial charge in [0.1, 0.15) is 5.75 Å². The van der Waals surface area contributed by atoms with E-state index in [0.29, 0.717) is 22.8 Å². The Morgan fingerprint density at radius 3 is 2.86 bits per heavy atom. The molecule has 6 heteroatoms. The Bertz CT molecular complexity index is 721. The van der Waals surface area contributed by atoms with Crippen LogP contribution in [0.4, 0.5) is 0 Å².